The molecule has 2 aliphatic heterocycles. The summed E-state index contributed by atoms with van der Waals surface area (Å²) in [6, 6.07) is 11.0. The summed E-state index contributed by atoms with van der Waals surface area (Å²) in [7, 11) is 0. The van der Waals surface area contributed by atoms with Crippen LogP contribution in [-0.4, -0.2) is 61.0 Å². The lowest BCUT2D eigenvalue weighted by Crippen LogP contribution is -2.56. The van der Waals surface area contributed by atoms with Crippen molar-refractivity contribution in [1.82, 2.24) is 16.0 Å². The van der Waals surface area contributed by atoms with Crippen LogP contribution < -0.4 is 26.4 Å². The van der Waals surface area contributed by atoms with Crippen molar-refractivity contribution in [2.45, 2.75) is 57.7 Å². The first-order valence-corrected chi connectivity index (χ1v) is 13.0. The number of ether oxygens (including phenoxy) is 2. The van der Waals surface area contributed by atoms with Gasteiger partial charge in [0.25, 0.3) is 0 Å². The molecule has 2 aromatic rings. The zero-order chi connectivity index (χ0) is 27.5. The number of benzene rings is 2. The average Bonchev–Trinajstić information content (AvgIpc) is 2.87. The number of hydrogen-bond acceptors (Lipinski definition) is 6. The molecule has 206 valence electrons. The van der Waals surface area contributed by atoms with Crippen LogP contribution in [0.5, 0.6) is 5.75 Å². The first-order valence-electron chi connectivity index (χ1n) is 13.0. The molecule has 3 amide bonds. The zero-order valence-corrected chi connectivity index (χ0v) is 21.9. The molecule has 2 aliphatic rings. The smallest absolute Gasteiger partial charge is 0.326 e. The van der Waals surface area contributed by atoms with Crippen molar-refractivity contribution in [3.63, 3.8) is 0 Å². The minimum absolute atomic E-state index is 0.0636. The minimum Gasteiger partial charge on any atom is -0.494 e. The molecular formula is C28H38N4O6. The molecule has 6 N–H and O–H groups in total. The molecule has 10 heteroatoms. The van der Waals surface area contributed by atoms with E-state index in [2.05, 4.69) is 16.0 Å². The molecule has 38 heavy (non-hydrogen) atoms. The van der Waals surface area contributed by atoms with E-state index in [4.69, 9.17) is 15.2 Å². The lowest BCUT2D eigenvalue weighted by atomic mass is 10.0. The van der Waals surface area contributed by atoms with E-state index in [1.165, 1.54) is 0 Å². The van der Waals surface area contributed by atoms with Gasteiger partial charge in [-0.2, -0.15) is 0 Å². The molecule has 0 aliphatic carbocycles. The van der Waals surface area contributed by atoms with Gasteiger partial charge in [0.05, 0.1) is 19.3 Å². The fourth-order valence-electron chi connectivity index (χ4n) is 4.01. The topological polar surface area (TPSA) is 152 Å². The lowest BCUT2D eigenvalue weighted by Gasteiger charge is -2.26. The van der Waals surface area contributed by atoms with Crippen LogP contribution in [0.2, 0.25) is 0 Å². The fraction of sp³-hybridized carbons (Fsp3) is 0.464. The number of rotatable bonds is 6. The van der Waals surface area contributed by atoms with E-state index in [9.17, 15) is 19.5 Å². The number of urea groups is 1. The largest absolute Gasteiger partial charge is 0.494 e. The molecule has 4 rings (SSSR count). The fourth-order valence-corrected chi connectivity index (χ4v) is 4.01. The SMILES string of the molecule is CC(C)[C@H]1COCCCCOc2ccc(cc2)C[C@@H](NC(=O)N[C@@H](Cc2ccc(N)cc2)C(=O)O)C(=O)N1. The average molecular weight is 527 g/mol. The Labute approximate surface area is 223 Å². The maximum absolute atomic E-state index is 13.3. The number of carboxylic acids is 1. The third-order valence-electron chi connectivity index (χ3n) is 6.39. The molecular weight excluding hydrogens is 488 g/mol. The van der Waals surface area contributed by atoms with Gasteiger partial charge in [0.15, 0.2) is 0 Å². The molecule has 0 saturated heterocycles. The van der Waals surface area contributed by atoms with Crippen LogP contribution in [-0.2, 0) is 27.2 Å². The van der Waals surface area contributed by atoms with Crippen molar-refractivity contribution in [2.75, 3.05) is 25.6 Å². The number of aliphatic carboxylic acids is 1. The van der Waals surface area contributed by atoms with Gasteiger partial charge >= 0.3 is 12.0 Å². The second-order valence-electron chi connectivity index (χ2n) is 9.84. The van der Waals surface area contributed by atoms with Gasteiger partial charge in [0, 0.05) is 25.1 Å². The number of hydrogen-bond donors (Lipinski definition) is 5. The van der Waals surface area contributed by atoms with Crippen molar-refractivity contribution >= 4 is 23.6 Å². The van der Waals surface area contributed by atoms with Crippen LogP contribution in [0.25, 0.3) is 0 Å². The third kappa shape index (κ3) is 9.26. The van der Waals surface area contributed by atoms with Gasteiger partial charge in [0.1, 0.15) is 17.8 Å². The van der Waals surface area contributed by atoms with E-state index in [1.807, 2.05) is 38.1 Å². The van der Waals surface area contributed by atoms with Gasteiger partial charge in [-0.15, -0.1) is 0 Å². The summed E-state index contributed by atoms with van der Waals surface area (Å²) in [5.41, 5.74) is 7.78. The van der Waals surface area contributed by atoms with E-state index in [0.29, 0.717) is 31.1 Å². The predicted molar refractivity (Wildman–Crippen MR) is 144 cm³/mol. The number of carbonyl (C=O) groups excluding carboxylic acids is 2. The normalized spacial score (nSPS) is 19.7. The molecule has 0 saturated carbocycles. The Bertz CT molecular complexity index is 1060. The third-order valence-corrected chi connectivity index (χ3v) is 6.39. The Balaban J connectivity index is 1.75. The highest BCUT2D eigenvalue weighted by atomic mass is 16.5. The van der Waals surface area contributed by atoms with Crippen LogP contribution in [0.4, 0.5) is 10.5 Å². The molecule has 0 radical (unpaired) electrons. The van der Waals surface area contributed by atoms with E-state index >= 15 is 0 Å². The second-order valence-corrected chi connectivity index (χ2v) is 9.84. The first kappa shape index (κ1) is 28.8. The van der Waals surface area contributed by atoms with Gasteiger partial charge in [0.2, 0.25) is 5.91 Å². The highest BCUT2D eigenvalue weighted by Crippen LogP contribution is 2.15. The van der Waals surface area contributed by atoms with Crippen LogP contribution >= 0.6 is 0 Å². The number of fused-ring (bicyclic) bond motifs is 13. The Hall–Kier alpha value is -3.79. The maximum atomic E-state index is 13.3. The Morgan fingerprint density at radius 2 is 1.76 bits per heavy atom. The summed E-state index contributed by atoms with van der Waals surface area (Å²) in [5, 5.41) is 17.9. The van der Waals surface area contributed by atoms with Gasteiger partial charge in [-0.05, 0) is 54.2 Å². The molecule has 10 nitrogen and oxygen atoms in total. The van der Waals surface area contributed by atoms with Crippen molar-refractivity contribution in [3.8, 4) is 5.75 Å². The Morgan fingerprint density at radius 3 is 2.42 bits per heavy atom. The van der Waals surface area contributed by atoms with Crippen molar-refractivity contribution in [3.05, 3.63) is 59.7 Å². The molecule has 3 atom stereocenters. The number of nitrogens with two attached hydrogens (primary N) is 1. The van der Waals surface area contributed by atoms with E-state index in [0.717, 1.165) is 24.2 Å². The highest BCUT2D eigenvalue weighted by molar-refractivity contribution is 5.89. The van der Waals surface area contributed by atoms with E-state index in [1.54, 1.807) is 24.3 Å². The second kappa shape index (κ2) is 14.2. The van der Waals surface area contributed by atoms with E-state index < -0.39 is 24.1 Å². The summed E-state index contributed by atoms with van der Waals surface area (Å²) >= 11 is 0. The summed E-state index contributed by atoms with van der Waals surface area (Å²) in [6.07, 6.45) is 1.97. The van der Waals surface area contributed by atoms with Crippen LogP contribution in [0.1, 0.15) is 37.8 Å². The number of carboxylic acid groups (broad SMARTS) is 1. The maximum Gasteiger partial charge on any atom is 0.326 e. The zero-order valence-electron chi connectivity index (χ0n) is 21.9. The van der Waals surface area contributed by atoms with E-state index in [-0.39, 0.29) is 30.7 Å². The standard InChI is InChI=1S/C28H38N4O6/c1-18(2)25-17-37-13-3-4-14-38-22-11-7-20(8-12-22)15-23(26(33)30-25)31-28(36)32-24(27(34)35)16-19-5-9-21(29)10-6-19/h5-12,18,23-25H,3-4,13-17,29H2,1-2H3,(H,30,33)(H,34,35)(H2,31,32,36)/t23-,24+,25-/m1/s1. The summed E-state index contributed by atoms with van der Waals surface area (Å²) in [5.74, 6) is -0.737. The summed E-state index contributed by atoms with van der Waals surface area (Å²) < 4.78 is 11.6. The first-order chi connectivity index (χ1) is 18.2. The molecule has 2 bridgehead atoms. The van der Waals surface area contributed by atoms with Crippen molar-refractivity contribution in [1.29, 1.82) is 0 Å². The number of nitrogens with one attached hydrogen (secondary N) is 3. The lowest BCUT2D eigenvalue weighted by molar-refractivity contribution is -0.139. The molecule has 0 spiro atoms. The monoisotopic (exact) mass is 526 g/mol. The van der Waals surface area contributed by atoms with Gasteiger partial charge < -0.3 is 36.3 Å². The summed E-state index contributed by atoms with van der Waals surface area (Å²) in [4.78, 5) is 38.1. The van der Waals surface area contributed by atoms with Crippen molar-refractivity contribution in [2.24, 2.45) is 5.92 Å². The van der Waals surface area contributed by atoms with Crippen molar-refractivity contribution < 1.29 is 29.0 Å². The Kier molecular flexibility index (Phi) is 10.8. The summed E-state index contributed by atoms with van der Waals surface area (Å²) in [6.45, 7) is 5.46. The number of nitrogen functional groups attached to an aromatic ring is 1. The van der Waals surface area contributed by atoms with Gasteiger partial charge in [-0.25, -0.2) is 9.59 Å². The number of anilines is 1. The highest BCUT2D eigenvalue weighted by Gasteiger charge is 2.27. The number of carbonyl (C=O) groups is 3. The molecule has 2 aromatic carbocycles. The van der Waals surface area contributed by atoms with Crippen LogP contribution in [0.15, 0.2) is 48.5 Å². The van der Waals surface area contributed by atoms with Gasteiger partial charge in [-0.3, -0.25) is 4.79 Å². The van der Waals surface area contributed by atoms with Crippen LogP contribution in [0.3, 0.4) is 0 Å². The van der Waals surface area contributed by atoms with Crippen LogP contribution in [0, 0.1) is 5.92 Å². The molecule has 0 aromatic heterocycles. The predicted octanol–water partition coefficient (Wildman–Crippen LogP) is 2.51. The molecule has 0 fully saturated rings. The quantitative estimate of drug-likeness (QED) is 0.363. The van der Waals surface area contributed by atoms with Gasteiger partial charge in [-0.1, -0.05) is 38.1 Å². The molecule has 0 unspecified atom stereocenters. The molecule has 2 heterocycles. The Morgan fingerprint density at radius 1 is 1.08 bits per heavy atom. The number of amides is 3. The minimum atomic E-state index is -1.19.